The van der Waals surface area contributed by atoms with E-state index in [2.05, 4.69) is 4.99 Å². The molecule has 0 saturated heterocycles. The number of carboxylic acids is 1. The molecule has 0 radical (unpaired) electrons. The molecule has 6 nitrogen and oxygen atoms in total. The maximum Gasteiger partial charge on any atom is 0.335 e. The van der Waals surface area contributed by atoms with Crippen LogP contribution in [0.4, 0.5) is 5.69 Å². The molecule has 6 heteroatoms. The number of hydrogen-bond acceptors (Lipinski definition) is 5. The Bertz CT molecular complexity index is 1030. The number of carbonyl (C=O) groups excluding carboxylic acids is 1. The standard InChI is InChI=1S/C23H19NO5/c1-28-21-13-17(15-24-19-10-8-18(9-11-19)23(26)27)7-12-20(21)29-22(25)14-16-5-3-2-4-6-16/h2-13,15H,14H2,1H3,(H,26,27). The lowest BCUT2D eigenvalue weighted by atomic mass is 10.1. The third-order valence-electron chi connectivity index (χ3n) is 4.08. The van der Waals surface area contributed by atoms with E-state index in [1.54, 1.807) is 36.5 Å². The van der Waals surface area contributed by atoms with Gasteiger partial charge in [0.1, 0.15) is 0 Å². The molecule has 0 fully saturated rings. The summed E-state index contributed by atoms with van der Waals surface area (Å²) in [4.78, 5) is 27.4. The molecule has 0 unspecified atom stereocenters. The lowest BCUT2D eigenvalue weighted by molar-refractivity contribution is -0.133. The Labute approximate surface area is 168 Å². The molecule has 0 atom stereocenters. The second-order valence-corrected chi connectivity index (χ2v) is 6.16. The molecule has 0 aliphatic rings. The third-order valence-corrected chi connectivity index (χ3v) is 4.08. The third kappa shape index (κ3) is 5.52. The van der Waals surface area contributed by atoms with E-state index in [1.807, 2.05) is 30.3 Å². The van der Waals surface area contributed by atoms with Gasteiger partial charge in [-0.05, 0) is 53.6 Å². The number of ether oxygens (including phenoxy) is 2. The van der Waals surface area contributed by atoms with Crippen LogP contribution in [0, 0.1) is 0 Å². The monoisotopic (exact) mass is 389 g/mol. The van der Waals surface area contributed by atoms with E-state index in [1.165, 1.54) is 19.2 Å². The molecule has 0 spiro atoms. The highest BCUT2D eigenvalue weighted by Gasteiger charge is 2.11. The second-order valence-electron chi connectivity index (χ2n) is 6.16. The fourth-order valence-corrected chi connectivity index (χ4v) is 2.61. The van der Waals surface area contributed by atoms with E-state index in [0.717, 1.165) is 11.1 Å². The van der Waals surface area contributed by atoms with Gasteiger partial charge in [-0.2, -0.15) is 0 Å². The molecule has 3 aromatic rings. The van der Waals surface area contributed by atoms with Crippen molar-refractivity contribution in [2.45, 2.75) is 6.42 Å². The summed E-state index contributed by atoms with van der Waals surface area (Å²) in [5.41, 5.74) is 2.43. The summed E-state index contributed by atoms with van der Waals surface area (Å²) in [5.74, 6) is -0.620. The van der Waals surface area contributed by atoms with Gasteiger partial charge < -0.3 is 14.6 Å². The van der Waals surface area contributed by atoms with E-state index in [9.17, 15) is 9.59 Å². The van der Waals surface area contributed by atoms with Crippen LogP contribution < -0.4 is 9.47 Å². The van der Waals surface area contributed by atoms with Crippen LogP contribution in [-0.4, -0.2) is 30.4 Å². The average Bonchev–Trinajstić information content (AvgIpc) is 2.74. The summed E-state index contributed by atoms with van der Waals surface area (Å²) >= 11 is 0. The molecule has 0 aliphatic heterocycles. The van der Waals surface area contributed by atoms with Crippen molar-refractivity contribution < 1.29 is 24.2 Å². The lowest BCUT2D eigenvalue weighted by Gasteiger charge is -2.10. The number of methoxy groups -OCH3 is 1. The van der Waals surface area contributed by atoms with E-state index < -0.39 is 5.97 Å². The predicted octanol–water partition coefficient (Wildman–Crippen LogP) is 4.29. The maximum absolute atomic E-state index is 12.2. The summed E-state index contributed by atoms with van der Waals surface area (Å²) in [6, 6.07) is 20.7. The molecule has 0 aliphatic carbocycles. The van der Waals surface area contributed by atoms with Gasteiger partial charge in [0, 0.05) is 6.21 Å². The van der Waals surface area contributed by atoms with E-state index in [0.29, 0.717) is 17.2 Å². The van der Waals surface area contributed by atoms with Crippen LogP contribution in [0.25, 0.3) is 0 Å². The Hall–Kier alpha value is -3.93. The van der Waals surface area contributed by atoms with Crippen molar-refractivity contribution >= 4 is 23.8 Å². The summed E-state index contributed by atoms with van der Waals surface area (Å²) < 4.78 is 10.8. The Kier molecular flexibility index (Phi) is 6.37. The van der Waals surface area contributed by atoms with Gasteiger partial charge in [0.25, 0.3) is 0 Å². The Morgan fingerprint density at radius 3 is 2.34 bits per heavy atom. The first-order chi connectivity index (χ1) is 14.0. The Morgan fingerprint density at radius 1 is 0.966 bits per heavy atom. The smallest absolute Gasteiger partial charge is 0.335 e. The van der Waals surface area contributed by atoms with Gasteiger partial charge in [-0.15, -0.1) is 0 Å². The summed E-state index contributed by atoms with van der Waals surface area (Å²) in [7, 11) is 1.50. The van der Waals surface area contributed by atoms with Crippen LogP contribution >= 0.6 is 0 Å². The van der Waals surface area contributed by atoms with Gasteiger partial charge in [-0.25, -0.2) is 4.79 Å². The molecule has 0 aromatic heterocycles. The molecule has 0 bridgehead atoms. The zero-order valence-corrected chi connectivity index (χ0v) is 15.7. The van der Waals surface area contributed by atoms with Crippen molar-refractivity contribution in [3.8, 4) is 11.5 Å². The highest BCUT2D eigenvalue weighted by molar-refractivity contribution is 5.88. The SMILES string of the molecule is COc1cc(C=Nc2ccc(C(=O)O)cc2)ccc1OC(=O)Cc1ccccc1. The topological polar surface area (TPSA) is 85.2 Å². The highest BCUT2D eigenvalue weighted by atomic mass is 16.6. The van der Waals surface area contributed by atoms with E-state index >= 15 is 0 Å². The van der Waals surface area contributed by atoms with Crippen molar-refractivity contribution in [1.29, 1.82) is 0 Å². The second kappa shape index (κ2) is 9.32. The van der Waals surface area contributed by atoms with E-state index in [-0.39, 0.29) is 18.0 Å². The molecule has 3 aromatic carbocycles. The van der Waals surface area contributed by atoms with Crippen molar-refractivity contribution in [3.05, 3.63) is 89.5 Å². The number of hydrogen-bond donors (Lipinski definition) is 1. The first-order valence-corrected chi connectivity index (χ1v) is 8.85. The zero-order chi connectivity index (χ0) is 20.6. The number of nitrogens with zero attached hydrogens (tertiary/aromatic N) is 1. The highest BCUT2D eigenvalue weighted by Crippen LogP contribution is 2.28. The van der Waals surface area contributed by atoms with Crippen LogP contribution in [0.1, 0.15) is 21.5 Å². The van der Waals surface area contributed by atoms with Crippen LogP contribution in [0.2, 0.25) is 0 Å². The summed E-state index contributed by atoms with van der Waals surface area (Å²) in [6.45, 7) is 0. The quantitative estimate of drug-likeness (QED) is 0.370. The van der Waals surface area contributed by atoms with Gasteiger partial charge in [-0.1, -0.05) is 30.3 Å². The van der Waals surface area contributed by atoms with Crippen molar-refractivity contribution in [3.63, 3.8) is 0 Å². The van der Waals surface area contributed by atoms with Crippen molar-refractivity contribution in [1.82, 2.24) is 0 Å². The fourth-order valence-electron chi connectivity index (χ4n) is 2.61. The Morgan fingerprint density at radius 2 is 1.69 bits per heavy atom. The molecule has 0 heterocycles. The number of benzene rings is 3. The minimum atomic E-state index is -0.984. The fraction of sp³-hybridized carbons (Fsp3) is 0.0870. The average molecular weight is 389 g/mol. The largest absolute Gasteiger partial charge is 0.493 e. The molecule has 0 saturated carbocycles. The van der Waals surface area contributed by atoms with Crippen molar-refractivity contribution in [2.75, 3.05) is 7.11 Å². The number of esters is 1. The molecular weight excluding hydrogens is 370 g/mol. The van der Waals surface area contributed by atoms with Crippen LogP contribution in [-0.2, 0) is 11.2 Å². The van der Waals surface area contributed by atoms with Crippen LogP contribution in [0.15, 0.2) is 77.8 Å². The maximum atomic E-state index is 12.2. The number of carboxylic acid groups (broad SMARTS) is 1. The minimum Gasteiger partial charge on any atom is -0.493 e. The zero-order valence-electron chi connectivity index (χ0n) is 15.7. The number of aromatic carboxylic acids is 1. The number of aliphatic imine (C=N–C) groups is 1. The normalized spacial score (nSPS) is 10.7. The van der Waals surface area contributed by atoms with E-state index in [4.69, 9.17) is 14.6 Å². The molecule has 3 rings (SSSR count). The summed E-state index contributed by atoms with van der Waals surface area (Å²) in [6.07, 6.45) is 1.79. The summed E-state index contributed by atoms with van der Waals surface area (Å²) in [5, 5.41) is 8.92. The van der Waals surface area contributed by atoms with Crippen LogP contribution in [0.5, 0.6) is 11.5 Å². The van der Waals surface area contributed by atoms with Gasteiger partial charge >= 0.3 is 11.9 Å². The van der Waals surface area contributed by atoms with Gasteiger partial charge in [0.2, 0.25) is 0 Å². The molecule has 29 heavy (non-hydrogen) atoms. The number of carbonyl (C=O) groups is 2. The van der Waals surface area contributed by atoms with Crippen LogP contribution in [0.3, 0.4) is 0 Å². The molecule has 146 valence electrons. The van der Waals surface area contributed by atoms with Gasteiger partial charge in [0.15, 0.2) is 11.5 Å². The minimum absolute atomic E-state index is 0.166. The first kappa shape index (κ1) is 19.8. The number of rotatable bonds is 7. The molecule has 1 N–H and O–H groups in total. The van der Waals surface area contributed by atoms with Gasteiger partial charge in [-0.3, -0.25) is 9.79 Å². The lowest BCUT2D eigenvalue weighted by Crippen LogP contribution is -2.11. The molecular formula is C23H19NO5. The first-order valence-electron chi connectivity index (χ1n) is 8.85. The van der Waals surface area contributed by atoms with Crippen molar-refractivity contribution in [2.24, 2.45) is 4.99 Å². The molecule has 0 amide bonds. The van der Waals surface area contributed by atoms with Gasteiger partial charge in [0.05, 0.1) is 24.8 Å². The predicted molar refractivity (Wildman–Crippen MR) is 109 cm³/mol. The Balaban J connectivity index is 1.69.